The fraction of sp³-hybridized carbons (Fsp3) is 0.278. The van der Waals surface area contributed by atoms with Gasteiger partial charge in [-0.15, -0.1) is 0 Å². The smallest absolute Gasteiger partial charge is 0.253 e. The fourth-order valence-electron chi connectivity index (χ4n) is 2.30. The van der Waals surface area contributed by atoms with Gasteiger partial charge in [-0.2, -0.15) is 0 Å². The second kappa shape index (κ2) is 7.61. The number of benzene rings is 2. The molecule has 2 rings (SSSR count). The van der Waals surface area contributed by atoms with Crippen molar-refractivity contribution in [2.24, 2.45) is 5.73 Å². The molecule has 0 saturated heterocycles. The molecule has 4 heteroatoms. The number of hydrogen-bond donors (Lipinski definition) is 1. The Labute approximate surface area is 131 Å². The number of nitrogens with zero attached hydrogens (tertiary/aromatic N) is 1. The molecule has 4 nitrogen and oxygen atoms in total. The quantitative estimate of drug-likeness (QED) is 0.891. The minimum absolute atomic E-state index is 0.0125. The van der Waals surface area contributed by atoms with Crippen LogP contribution in [0.4, 0.5) is 0 Å². The SMILES string of the molecule is COc1ccccc1CCN(C)C(=O)c1ccc(CN)cc1. The molecule has 0 aliphatic heterocycles. The Morgan fingerprint density at radius 2 is 1.82 bits per heavy atom. The molecule has 2 aromatic carbocycles. The van der Waals surface area contributed by atoms with Gasteiger partial charge >= 0.3 is 0 Å². The Bertz CT molecular complexity index is 623. The molecule has 0 aliphatic carbocycles. The molecule has 0 atom stereocenters. The molecule has 22 heavy (non-hydrogen) atoms. The van der Waals surface area contributed by atoms with Gasteiger partial charge in [0, 0.05) is 25.7 Å². The monoisotopic (exact) mass is 298 g/mol. The van der Waals surface area contributed by atoms with E-state index in [4.69, 9.17) is 10.5 Å². The number of carbonyl (C=O) groups is 1. The molecule has 0 aromatic heterocycles. The lowest BCUT2D eigenvalue weighted by atomic mass is 10.1. The molecule has 1 amide bonds. The predicted octanol–water partition coefficient (Wildman–Crippen LogP) is 2.47. The van der Waals surface area contributed by atoms with Crippen molar-refractivity contribution in [2.75, 3.05) is 20.7 Å². The van der Waals surface area contributed by atoms with E-state index in [9.17, 15) is 4.79 Å². The molecule has 0 radical (unpaired) electrons. The van der Waals surface area contributed by atoms with E-state index in [-0.39, 0.29) is 5.91 Å². The average molecular weight is 298 g/mol. The van der Waals surface area contributed by atoms with E-state index >= 15 is 0 Å². The van der Waals surface area contributed by atoms with Gasteiger partial charge in [0.25, 0.3) is 5.91 Å². The van der Waals surface area contributed by atoms with Gasteiger partial charge in [0.2, 0.25) is 0 Å². The molecular weight excluding hydrogens is 276 g/mol. The highest BCUT2D eigenvalue weighted by Crippen LogP contribution is 2.18. The van der Waals surface area contributed by atoms with Crippen molar-refractivity contribution < 1.29 is 9.53 Å². The van der Waals surface area contributed by atoms with Crippen LogP contribution in [0.2, 0.25) is 0 Å². The first-order valence-electron chi connectivity index (χ1n) is 7.32. The first-order chi connectivity index (χ1) is 10.7. The maximum Gasteiger partial charge on any atom is 0.253 e. The highest BCUT2D eigenvalue weighted by Gasteiger charge is 2.12. The maximum atomic E-state index is 12.4. The van der Waals surface area contributed by atoms with E-state index in [1.807, 2.05) is 55.6 Å². The predicted molar refractivity (Wildman–Crippen MR) is 88.0 cm³/mol. The molecule has 0 spiro atoms. The van der Waals surface area contributed by atoms with Gasteiger partial charge in [0.05, 0.1) is 7.11 Å². The van der Waals surface area contributed by atoms with Crippen molar-refractivity contribution in [2.45, 2.75) is 13.0 Å². The Hall–Kier alpha value is -2.33. The van der Waals surface area contributed by atoms with Gasteiger partial charge in [-0.3, -0.25) is 4.79 Å². The van der Waals surface area contributed by atoms with Crippen molar-refractivity contribution in [1.82, 2.24) is 4.90 Å². The van der Waals surface area contributed by atoms with E-state index in [1.165, 1.54) is 0 Å². The Morgan fingerprint density at radius 3 is 2.45 bits per heavy atom. The van der Waals surface area contributed by atoms with E-state index in [0.717, 1.165) is 23.3 Å². The zero-order chi connectivity index (χ0) is 15.9. The third kappa shape index (κ3) is 3.86. The minimum Gasteiger partial charge on any atom is -0.496 e. The summed E-state index contributed by atoms with van der Waals surface area (Å²) in [7, 11) is 3.47. The number of carbonyl (C=O) groups excluding carboxylic acids is 1. The van der Waals surface area contributed by atoms with Crippen molar-refractivity contribution in [1.29, 1.82) is 0 Å². The van der Waals surface area contributed by atoms with Crippen LogP contribution in [0.1, 0.15) is 21.5 Å². The fourth-order valence-corrected chi connectivity index (χ4v) is 2.30. The first kappa shape index (κ1) is 16.0. The maximum absolute atomic E-state index is 12.4. The van der Waals surface area contributed by atoms with Crippen LogP contribution in [0.3, 0.4) is 0 Å². The summed E-state index contributed by atoms with van der Waals surface area (Å²) in [6.07, 6.45) is 0.757. The first-order valence-corrected chi connectivity index (χ1v) is 7.32. The summed E-state index contributed by atoms with van der Waals surface area (Å²) in [6.45, 7) is 1.12. The van der Waals surface area contributed by atoms with Crippen LogP contribution in [-0.4, -0.2) is 31.5 Å². The third-order valence-electron chi connectivity index (χ3n) is 3.69. The van der Waals surface area contributed by atoms with Crippen LogP contribution in [0, 0.1) is 0 Å². The van der Waals surface area contributed by atoms with Crippen LogP contribution in [-0.2, 0) is 13.0 Å². The average Bonchev–Trinajstić information content (AvgIpc) is 2.59. The van der Waals surface area contributed by atoms with Crippen LogP contribution < -0.4 is 10.5 Å². The van der Waals surface area contributed by atoms with Gasteiger partial charge in [0.1, 0.15) is 5.75 Å². The molecule has 0 heterocycles. The minimum atomic E-state index is 0.0125. The molecule has 0 fully saturated rings. The van der Waals surface area contributed by atoms with Crippen molar-refractivity contribution in [3.63, 3.8) is 0 Å². The lowest BCUT2D eigenvalue weighted by molar-refractivity contribution is 0.0796. The van der Waals surface area contributed by atoms with E-state index in [0.29, 0.717) is 18.7 Å². The molecule has 0 saturated carbocycles. The lowest BCUT2D eigenvalue weighted by Crippen LogP contribution is -2.28. The number of amides is 1. The summed E-state index contributed by atoms with van der Waals surface area (Å²) in [4.78, 5) is 14.1. The van der Waals surface area contributed by atoms with Crippen LogP contribution in [0.5, 0.6) is 5.75 Å². The van der Waals surface area contributed by atoms with Crippen molar-refractivity contribution >= 4 is 5.91 Å². The van der Waals surface area contributed by atoms with E-state index < -0.39 is 0 Å². The molecule has 0 aliphatic rings. The summed E-state index contributed by atoms with van der Waals surface area (Å²) >= 11 is 0. The number of likely N-dealkylation sites (N-methyl/N-ethyl adjacent to an activating group) is 1. The molecule has 2 N–H and O–H groups in total. The summed E-state index contributed by atoms with van der Waals surface area (Å²) in [5, 5.41) is 0. The third-order valence-corrected chi connectivity index (χ3v) is 3.69. The van der Waals surface area contributed by atoms with Crippen LogP contribution in [0.15, 0.2) is 48.5 Å². The summed E-state index contributed by atoms with van der Waals surface area (Å²) in [5.41, 5.74) is 8.37. The molecule has 116 valence electrons. The number of nitrogens with two attached hydrogens (primary N) is 1. The highest BCUT2D eigenvalue weighted by atomic mass is 16.5. The second-order valence-corrected chi connectivity index (χ2v) is 5.19. The zero-order valence-electron chi connectivity index (χ0n) is 13.1. The molecule has 0 bridgehead atoms. The van der Waals surface area contributed by atoms with Crippen molar-refractivity contribution in [3.8, 4) is 5.75 Å². The van der Waals surface area contributed by atoms with E-state index in [2.05, 4.69) is 0 Å². The normalized spacial score (nSPS) is 10.3. The Kier molecular flexibility index (Phi) is 5.55. The van der Waals surface area contributed by atoms with Gasteiger partial charge < -0.3 is 15.4 Å². The lowest BCUT2D eigenvalue weighted by Gasteiger charge is -2.18. The molecular formula is C18H22N2O2. The van der Waals surface area contributed by atoms with Gasteiger partial charge in [-0.25, -0.2) is 0 Å². The zero-order valence-corrected chi connectivity index (χ0v) is 13.1. The topological polar surface area (TPSA) is 55.6 Å². The number of para-hydroxylation sites is 1. The van der Waals surface area contributed by atoms with Crippen molar-refractivity contribution in [3.05, 3.63) is 65.2 Å². The number of rotatable bonds is 6. The van der Waals surface area contributed by atoms with Gasteiger partial charge in [0.15, 0.2) is 0 Å². The second-order valence-electron chi connectivity index (χ2n) is 5.19. The largest absolute Gasteiger partial charge is 0.496 e. The summed E-state index contributed by atoms with van der Waals surface area (Å²) < 4.78 is 5.33. The number of ether oxygens (including phenoxy) is 1. The Balaban J connectivity index is 1.98. The summed E-state index contributed by atoms with van der Waals surface area (Å²) in [6, 6.07) is 15.3. The van der Waals surface area contributed by atoms with Crippen LogP contribution >= 0.6 is 0 Å². The molecule has 0 unspecified atom stereocenters. The van der Waals surface area contributed by atoms with Gasteiger partial charge in [-0.05, 0) is 35.7 Å². The molecule has 2 aromatic rings. The van der Waals surface area contributed by atoms with Crippen LogP contribution in [0.25, 0.3) is 0 Å². The van der Waals surface area contributed by atoms with E-state index in [1.54, 1.807) is 12.0 Å². The highest BCUT2D eigenvalue weighted by molar-refractivity contribution is 5.94. The summed E-state index contributed by atoms with van der Waals surface area (Å²) in [5.74, 6) is 0.870. The Morgan fingerprint density at radius 1 is 1.14 bits per heavy atom. The number of hydrogen-bond acceptors (Lipinski definition) is 3. The standard InChI is InChI=1S/C18H22N2O2/c1-20(12-11-15-5-3-4-6-17(15)22-2)18(21)16-9-7-14(13-19)8-10-16/h3-10H,11-13,19H2,1-2H3. The van der Waals surface area contributed by atoms with Gasteiger partial charge in [-0.1, -0.05) is 30.3 Å². The number of methoxy groups -OCH3 is 1.